The number of anilines is 2. The fourth-order valence-electron chi connectivity index (χ4n) is 2.31. The summed E-state index contributed by atoms with van der Waals surface area (Å²) in [6.45, 7) is -0.909. The van der Waals surface area contributed by atoms with Crippen LogP contribution >= 0.6 is 0 Å². The summed E-state index contributed by atoms with van der Waals surface area (Å²) in [6.07, 6.45) is -3.79. The van der Waals surface area contributed by atoms with Gasteiger partial charge in [-0.25, -0.2) is 13.6 Å². The van der Waals surface area contributed by atoms with Crippen molar-refractivity contribution in [1.29, 1.82) is 0 Å². The third-order valence-electron chi connectivity index (χ3n) is 3.72. The summed E-state index contributed by atoms with van der Waals surface area (Å²) in [7, 11) is 1.56. The first kappa shape index (κ1) is 23.4. The van der Waals surface area contributed by atoms with Crippen molar-refractivity contribution in [2.24, 2.45) is 0 Å². The second-order valence-corrected chi connectivity index (χ2v) is 6.20. The van der Waals surface area contributed by atoms with Crippen LogP contribution in [0, 0.1) is 0 Å². The Morgan fingerprint density at radius 3 is 2.37 bits per heavy atom. The molecule has 0 unspecified atom stereocenters. The minimum atomic E-state index is -4.21. The molecule has 0 aliphatic heterocycles. The Kier molecular flexibility index (Phi) is 8.88. The minimum Gasteiger partial charge on any atom is -0.491 e. The molecule has 164 valence electrons. The van der Waals surface area contributed by atoms with Gasteiger partial charge in [0.2, 0.25) is 0 Å². The first-order valence-electron chi connectivity index (χ1n) is 8.92. The molecule has 2 aromatic carbocycles. The number of carbonyl (C=O) groups excluding carboxylic acids is 1. The number of hydrogen-bond donors (Lipinski definition) is 2. The Morgan fingerprint density at radius 2 is 1.70 bits per heavy atom. The van der Waals surface area contributed by atoms with Crippen molar-refractivity contribution in [1.82, 2.24) is 0 Å². The number of carbonyl (C=O) groups is 1. The highest BCUT2D eigenvalue weighted by molar-refractivity contribution is 5.99. The van der Waals surface area contributed by atoms with Crippen LogP contribution in [0.2, 0.25) is 0 Å². The summed E-state index contributed by atoms with van der Waals surface area (Å²) in [5.74, 6) is -3.65. The fraction of sp³-hybridized carbons (Fsp3) is 0.350. The maximum atomic E-state index is 12.9. The van der Waals surface area contributed by atoms with Gasteiger partial charge in [0.15, 0.2) is 0 Å². The normalized spacial score (nSPS) is 11.4. The van der Waals surface area contributed by atoms with E-state index < -0.39 is 25.0 Å². The van der Waals surface area contributed by atoms with Gasteiger partial charge in [-0.1, -0.05) is 18.2 Å². The number of urea groups is 1. The van der Waals surface area contributed by atoms with E-state index in [2.05, 4.69) is 15.4 Å². The average Bonchev–Trinajstić information content (AvgIpc) is 2.68. The molecule has 2 amide bonds. The minimum absolute atomic E-state index is 0.305. The van der Waals surface area contributed by atoms with Gasteiger partial charge in [0.1, 0.15) is 19.0 Å². The summed E-state index contributed by atoms with van der Waals surface area (Å²) < 4.78 is 65.0. The van der Waals surface area contributed by atoms with Gasteiger partial charge >= 0.3 is 18.4 Å². The number of nitrogens with one attached hydrogen (secondary N) is 2. The van der Waals surface area contributed by atoms with E-state index in [1.807, 2.05) is 0 Å². The standard InChI is InChI=1S/C20H22F4N2O4/c1-28-8-9-30-17-7-3-6-16(11-17)26-19(27)25-15-5-2-4-14(10-15)12-29-13-20(23,24)18(21)22/h2-7,10-11,18H,8-9,12-13H2,1H3,(H2,25,26,27). The Labute approximate surface area is 171 Å². The third kappa shape index (κ3) is 7.88. The van der Waals surface area contributed by atoms with E-state index in [9.17, 15) is 22.4 Å². The van der Waals surface area contributed by atoms with Crippen LogP contribution in [0.4, 0.5) is 33.7 Å². The molecule has 2 N–H and O–H groups in total. The number of rotatable bonds is 11. The number of ether oxygens (including phenoxy) is 3. The van der Waals surface area contributed by atoms with Crippen LogP contribution in [0.15, 0.2) is 48.5 Å². The Morgan fingerprint density at radius 1 is 1.03 bits per heavy atom. The van der Waals surface area contributed by atoms with Crippen molar-refractivity contribution < 1.29 is 36.6 Å². The van der Waals surface area contributed by atoms with Crippen molar-refractivity contribution >= 4 is 17.4 Å². The second kappa shape index (κ2) is 11.4. The molecule has 0 saturated carbocycles. The van der Waals surface area contributed by atoms with Crippen molar-refractivity contribution in [3.8, 4) is 5.75 Å². The van der Waals surface area contributed by atoms with Crippen LogP contribution in [0.1, 0.15) is 5.56 Å². The first-order chi connectivity index (χ1) is 14.3. The largest absolute Gasteiger partial charge is 0.491 e. The van der Waals surface area contributed by atoms with E-state index in [1.54, 1.807) is 49.6 Å². The second-order valence-electron chi connectivity index (χ2n) is 6.20. The molecule has 2 rings (SSSR count). The molecule has 0 aromatic heterocycles. The quantitative estimate of drug-likeness (QED) is 0.398. The van der Waals surface area contributed by atoms with E-state index >= 15 is 0 Å². The summed E-state index contributed by atoms with van der Waals surface area (Å²) in [5.41, 5.74) is 1.31. The Balaban J connectivity index is 1.87. The van der Waals surface area contributed by atoms with Gasteiger partial charge < -0.3 is 24.8 Å². The van der Waals surface area contributed by atoms with Crippen LogP contribution < -0.4 is 15.4 Å². The van der Waals surface area contributed by atoms with Crippen LogP contribution in [0.5, 0.6) is 5.75 Å². The van der Waals surface area contributed by atoms with Crippen LogP contribution in [0.25, 0.3) is 0 Å². The van der Waals surface area contributed by atoms with Gasteiger partial charge in [-0.15, -0.1) is 0 Å². The Bertz CT molecular complexity index is 821. The molecule has 2 aromatic rings. The molecule has 0 spiro atoms. The molecule has 0 saturated heterocycles. The summed E-state index contributed by atoms with van der Waals surface area (Å²) in [4.78, 5) is 12.2. The number of hydrogen-bond acceptors (Lipinski definition) is 4. The number of amides is 2. The topological polar surface area (TPSA) is 68.8 Å². The van der Waals surface area contributed by atoms with Crippen molar-refractivity contribution in [3.05, 3.63) is 54.1 Å². The highest BCUT2D eigenvalue weighted by Gasteiger charge is 2.40. The lowest BCUT2D eigenvalue weighted by atomic mass is 10.2. The van der Waals surface area contributed by atoms with Gasteiger partial charge in [-0.3, -0.25) is 0 Å². The average molecular weight is 430 g/mol. The zero-order valence-corrected chi connectivity index (χ0v) is 16.2. The van der Waals surface area contributed by atoms with Gasteiger partial charge in [-0.05, 0) is 29.8 Å². The number of halogens is 4. The molecule has 30 heavy (non-hydrogen) atoms. The first-order valence-corrected chi connectivity index (χ1v) is 8.92. The van der Waals surface area contributed by atoms with Crippen LogP contribution in [-0.2, 0) is 16.1 Å². The lowest BCUT2D eigenvalue weighted by molar-refractivity contribution is -0.168. The van der Waals surface area contributed by atoms with Crippen molar-refractivity contribution in [3.63, 3.8) is 0 Å². The van der Waals surface area contributed by atoms with E-state index in [-0.39, 0.29) is 6.61 Å². The van der Waals surface area contributed by atoms with Crippen molar-refractivity contribution in [2.45, 2.75) is 19.0 Å². The molecule has 0 bridgehead atoms. The summed E-state index contributed by atoms with van der Waals surface area (Å²) in [5, 5.41) is 5.23. The van der Waals surface area contributed by atoms with Gasteiger partial charge in [0, 0.05) is 24.6 Å². The Hall–Kier alpha value is -2.85. The lowest BCUT2D eigenvalue weighted by Crippen LogP contribution is -2.32. The number of methoxy groups -OCH3 is 1. The van der Waals surface area contributed by atoms with E-state index in [0.29, 0.717) is 35.9 Å². The molecule has 6 nitrogen and oxygen atoms in total. The zero-order chi connectivity index (χ0) is 22.0. The molecule has 0 aliphatic rings. The number of benzene rings is 2. The highest BCUT2D eigenvalue weighted by Crippen LogP contribution is 2.23. The van der Waals surface area contributed by atoms with Gasteiger partial charge in [0.25, 0.3) is 0 Å². The maximum Gasteiger partial charge on any atom is 0.330 e. The van der Waals surface area contributed by atoms with E-state index in [0.717, 1.165) is 0 Å². The third-order valence-corrected chi connectivity index (χ3v) is 3.72. The zero-order valence-electron chi connectivity index (χ0n) is 16.2. The molecular formula is C20H22F4N2O4. The fourth-order valence-corrected chi connectivity index (χ4v) is 2.31. The molecule has 10 heteroatoms. The predicted octanol–water partition coefficient (Wildman–Crippen LogP) is 4.77. The van der Waals surface area contributed by atoms with E-state index in [4.69, 9.17) is 9.47 Å². The number of alkyl halides is 4. The van der Waals surface area contributed by atoms with Gasteiger partial charge in [0.05, 0.1) is 13.2 Å². The molecule has 0 fully saturated rings. The summed E-state index contributed by atoms with van der Waals surface area (Å²) >= 11 is 0. The molecule has 0 radical (unpaired) electrons. The SMILES string of the molecule is COCCOc1cccc(NC(=O)Nc2cccc(COCC(F)(F)C(F)F)c2)c1. The van der Waals surface area contributed by atoms with E-state index in [1.165, 1.54) is 6.07 Å². The molecule has 0 aliphatic carbocycles. The van der Waals surface area contributed by atoms with Crippen LogP contribution in [-0.4, -0.2) is 45.3 Å². The molecule has 0 atom stereocenters. The van der Waals surface area contributed by atoms with Crippen molar-refractivity contribution in [2.75, 3.05) is 37.6 Å². The lowest BCUT2D eigenvalue weighted by Gasteiger charge is -2.15. The van der Waals surface area contributed by atoms with Crippen LogP contribution in [0.3, 0.4) is 0 Å². The summed E-state index contributed by atoms with van der Waals surface area (Å²) in [6, 6.07) is 12.4. The monoisotopic (exact) mass is 430 g/mol. The predicted molar refractivity (Wildman–Crippen MR) is 104 cm³/mol. The maximum absolute atomic E-state index is 12.9. The molecule has 0 heterocycles. The molecular weight excluding hydrogens is 408 g/mol. The smallest absolute Gasteiger partial charge is 0.330 e. The highest BCUT2D eigenvalue weighted by atomic mass is 19.3. The van der Waals surface area contributed by atoms with Gasteiger partial charge in [-0.2, -0.15) is 8.78 Å².